The second-order valence-electron chi connectivity index (χ2n) is 10.1. The average molecular weight is 349 g/mol. The summed E-state index contributed by atoms with van der Waals surface area (Å²) in [6, 6.07) is 6.79. The zero-order valence-electron chi connectivity index (χ0n) is 18.4. The van der Waals surface area contributed by atoms with Gasteiger partial charge in [-0.1, -0.05) is 81.4 Å². The van der Waals surface area contributed by atoms with E-state index in [1.165, 1.54) is 11.1 Å². The van der Waals surface area contributed by atoms with Gasteiger partial charge >= 0.3 is 0 Å². The molecule has 144 valence electrons. The molecule has 0 amide bonds. The van der Waals surface area contributed by atoms with Gasteiger partial charge in [0, 0.05) is 12.5 Å². The Bertz CT molecular complexity index is 536. The predicted molar refractivity (Wildman–Crippen MR) is 108 cm³/mol. The Morgan fingerprint density at radius 3 is 1.72 bits per heavy atom. The summed E-state index contributed by atoms with van der Waals surface area (Å²) in [5.74, 6) is 2.66. The summed E-state index contributed by atoms with van der Waals surface area (Å²) in [7, 11) is 1.72. The van der Waals surface area contributed by atoms with Crippen LogP contribution in [-0.4, -0.2) is 13.4 Å². The summed E-state index contributed by atoms with van der Waals surface area (Å²) >= 11 is 0. The first-order valence-corrected chi connectivity index (χ1v) is 9.63. The highest BCUT2D eigenvalue weighted by Gasteiger charge is 2.30. The summed E-state index contributed by atoms with van der Waals surface area (Å²) < 4.78 is 12.1. The minimum absolute atomic E-state index is 0.0230. The lowest BCUT2D eigenvalue weighted by molar-refractivity contribution is -0.121. The highest BCUT2D eigenvalue weighted by Crippen LogP contribution is 2.39. The zero-order valence-corrected chi connectivity index (χ0v) is 18.4. The van der Waals surface area contributed by atoms with Gasteiger partial charge in [0.1, 0.15) is 5.75 Å². The largest absolute Gasteiger partial charge is 0.464 e. The molecular formula is C23H40O2. The van der Waals surface area contributed by atoms with Crippen LogP contribution in [0.4, 0.5) is 0 Å². The molecule has 25 heavy (non-hydrogen) atoms. The number of hydrogen-bond acceptors (Lipinski definition) is 2. The third kappa shape index (κ3) is 5.74. The first kappa shape index (κ1) is 22.0. The normalized spacial score (nSPS) is 14.5. The Kier molecular flexibility index (Phi) is 7.15. The number of ether oxygens (including phenoxy) is 2. The summed E-state index contributed by atoms with van der Waals surface area (Å²) in [6.07, 6.45) is -0.277. The summed E-state index contributed by atoms with van der Waals surface area (Å²) in [5, 5.41) is 0. The fourth-order valence-electron chi connectivity index (χ4n) is 3.70. The van der Waals surface area contributed by atoms with Crippen LogP contribution in [0.2, 0.25) is 0 Å². The molecule has 0 saturated heterocycles. The number of rotatable bonds is 6. The number of hydrogen-bond donors (Lipinski definition) is 0. The fourth-order valence-corrected chi connectivity index (χ4v) is 3.70. The molecule has 1 aromatic carbocycles. The van der Waals surface area contributed by atoms with E-state index in [4.69, 9.17) is 9.47 Å². The smallest absolute Gasteiger partial charge is 0.204 e. The fraction of sp³-hybridized carbons (Fsp3) is 0.739. The van der Waals surface area contributed by atoms with Gasteiger partial charge in [-0.15, -0.1) is 0 Å². The molecule has 1 atom stereocenters. The lowest BCUT2D eigenvalue weighted by atomic mass is 9.78. The van der Waals surface area contributed by atoms with Gasteiger partial charge in [0.2, 0.25) is 6.29 Å². The first-order valence-electron chi connectivity index (χ1n) is 9.63. The molecule has 2 nitrogen and oxygen atoms in total. The van der Waals surface area contributed by atoms with Crippen LogP contribution in [0.25, 0.3) is 0 Å². The van der Waals surface area contributed by atoms with Crippen molar-refractivity contribution in [1.29, 1.82) is 0 Å². The molecule has 0 fully saturated rings. The molecule has 0 aliphatic heterocycles. The maximum Gasteiger partial charge on any atom is 0.204 e. The summed E-state index contributed by atoms with van der Waals surface area (Å²) in [5.41, 5.74) is 2.52. The Hall–Kier alpha value is -1.02. The van der Waals surface area contributed by atoms with E-state index < -0.39 is 0 Å². The highest BCUT2D eigenvalue weighted by atomic mass is 16.7. The molecule has 2 heteroatoms. The molecule has 1 rings (SSSR count). The van der Waals surface area contributed by atoms with Crippen molar-refractivity contribution in [3.8, 4) is 5.75 Å². The topological polar surface area (TPSA) is 18.5 Å². The van der Waals surface area contributed by atoms with E-state index in [1.807, 2.05) is 0 Å². The summed E-state index contributed by atoms with van der Waals surface area (Å²) in [4.78, 5) is 0. The van der Waals surface area contributed by atoms with Crippen molar-refractivity contribution in [3.05, 3.63) is 29.3 Å². The van der Waals surface area contributed by atoms with Gasteiger partial charge in [0.05, 0.1) is 0 Å². The van der Waals surface area contributed by atoms with E-state index in [2.05, 4.69) is 87.4 Å². The molecule has 0 aliphatic carbocycles. The van der Waals surface area contributed by atoms with Gasteiger partial charge < -0.3 is 9.47 Å². The van der Waals surface area contributed by atoms with Gasteiger partial charge in [-0.3, -0.25) is 0 Å². The lowest BCUT2D eigenvalue weighted by Gasteiger charge is -2.33. The van der Waals surface area contributed by atoms with Crippen molar-refractivity contribution in [2.75, 3.05) is 7.11 Å². The average Bonchev–Trinajstić information content (AvgIpc) is 2.41. The van der Waals surface area contributed by atoms with Crippen LogP contribution in [0.3, 0.4) is 0 Å². The third-order valence-electron chi connectivity index (χ3n) is 4.79. The van der Waals surface area contributed by atoms with Crippen LogP contribution in [0.15, 0.2) is 18.2 Å². The first-order chi connectivity index (χ1) is 11.3. The van der Waals surface area contributed by atoms with Gasteiger partial charge in [0.15, 0.2) is 0 Å². The molecule has 0 aromatic heterocycles. The molecule has 0 aliphatic rings. The predicted octanol–water partition coefficient (Wildman–Crippen LogP) is 6.78. The molecule has 1 aromatic rings. The molecule has 0 N–H and O–H groups in total. The van der Waals surface area contributed by atoms with E-state index in [-0.39, 0.29) is 17.1 Å². The van der Waals surface area contributed by atoms with E-state index >= 15 is 0 Å². The third-order valence-corrected chi connectivity index (χ3v) is 4.79. The van der Waals surface area contributed by atoms with Gasteiger partial charge in [-0.05, 0) is 40.4 Å². The molecule has 0 bridgehead atoms. The van der Waals surface area contributed by atoms with Crippen molar-refractivity contribution in [1.82, 2.24) is 0 Å². The van der Waals surface area contributed by atoms with Crippen LogP contribution >= 0.6 is 0 Å². The summed E-state index contributed by atoms with van der Waals surface area (Å²) in [6.45, 7) is 22.3. The van der Waals surface area contributed by atoms with Crippen LogP contribution < -0.4 is 4.74 Å². The molecule has 1 unspecified atom stereocenters. The zero-order chi connectivity index (χ0) is 19.6. The van der Waals surface area contributed by atoms with Crippen LogP contribution in [0, 0.1) is 17.3 Å². The van der Waals surface area contributed by atoms with Gasteiger partial charge in [-0.2, -0.15) is 0 Å². The SMILES string of the molecule is COC(Oc1cc(C(C(C)C)C(C)C)ccc1C(C)(C)C)C(C)(C)C. The lowest BCUT2D eigenvalue weighted by Crippen LogP contribution is -2.34. The van der Waals surface area contributed by atoms with Crippen molar-refractivity contribution in [2.24, 2.45) is 17.3 Å². The maximum atomic E-state index is 6.41. The van der Waals surface area contributed by atoms with Gasteiger partial charge in [-0.25, -0.2) is 0 Å². The van der Waals surface area contributed by atoms with E-state index in [0.29, 0.717) is 17.8 Å². The Balaban J connectivity index is 3.42. The molecule has 0 saturated carbocycles. The van der Waals surface area contributed by atoms with Crippen LogP contribution in [0.5, 0.6) is 5.75 Å². The van der Waals surface area contributed by atoms with Crippen molar-refractivity contribution in [3.63, 3.8) is 0 Å². The maximum absolute atomic E-state index is 6.41. The molecule has 0 radical (unpaired) electrons. The second kappa shape index (κ2) is 8.12. The van der Waals surface area contributed by atoms with Crippen molar-refractivity contribution >= 4 is 0 Å². The Morgan fingerprint density at radius 2 is 1.36 bits per heavy atom. The monoisotopic (exact) mass is 348 g/mol. The van der Waals surface area contributed by atoms with Gasteiger partial charge in [0.25, 0.3) is 0 Å². The minimum atomic E-state index is -0.277. The minimum Gasteiger partial charge on any atom is -0.464 e. The molecule has 0 heterocycles. The van der Waals surface area contributed by atoms with E-state index in [0.717, 1.165) is 5.75 Å². The van der Waals surface area contributed by atoms with Crippen LogP contribution in [-0.2, 0) is 10.2 Å². The highest BCUT2D eigenvalue weighted by molar-refractivity contribution is 5.43. The number of benzene rings is 1. The standard InChI is InChI=1S/C23H40O2/c1-15(2)20(16(3)4)17-12-13-18(22(5,6)7)19(14-17)25-21(24-11)23(8,9)10/h12-16,20-21H,1-11H3. The van der Waals surface area contributed by atoms with Crippen molar-refractivity contribution in [2.45, 2.75) is 86.9 Å². The Morgan fingerprint density at radius 1 is 0.840 bits per heavy atom. The van der Waals surface area contributed by atoms with E-state index in [9.17, 15) is 0 Å². The quantitative estimate of drug-likeness (QED) is 0.528. The second-order valence-corrected chi connectivity index (χ2v) is 10.1. The Labute approximate surface area is 156 Å². The number of methoxy groups -OCH3 is 1. The molecular weight excluding hydrogens is 308 g/mol. The molecule has 0 spiro atoms. The van der Waals surface area contributed by atoms with E-state index in [1.54, 1.807) is 7.11 Å². The van der Waals surface area contributed by atoms with Crippen LogP contribution in [0.1, 0.15) is 86.3 Å². The van der Waals surface area contributed by atoms with Crippen molar-refractivity contribution < 1.29 is 9.47 Å².